The van der Waals surface area contributed by atoms with Crippen LogP contribution in [0.5, 0.6) is 5.75 Å². The molecule has 0 bridgehead atoms. The lowest BCUT2D eigenvalue weighted by Crippen LogP contribution is -2.31. The molecule has 3 rings (SSSR count). The molecule has 0 aliphatic carbocycles. The molecule has 0 aromatic heterocycles. The van der Waals surface area contributed by atoms with Gasteiger partial charge in [-0.15, -0.1) is 0 Å². The minimum absolute atomic E-state index is 0.137. The van der Waals surface area contributed by atoms with Gasteiger partial charge in [0.05, 0.1) is 17.7 Å². The third kappa shape index (κ3) is 6.03. The van der Waals surface area contributed by atoms with Crippen LogP contribution < -0.4 is 20.7 Å². The minimum atomic E-state index is -0.718. The zero-order chi connectivity index (χ0) is 24.0. The summed E-state index contributed by atoms with van der Waals surface area (Å²) in [7, 11) is 1.44. The maximum absolute atomic E-state index is 13.4. The number of non-ortho nitro benzene ring substituents is 1. The van der Waals surface area contributed by atoms with E-state index in [1.165, 1.54) is 43.5 Å². The number of benzene rings is 3. The monoisotopic (exact) mass is 452 g/mol. The molecule has 3 aromatic carbocycles. The van der Waals surface area contributed by atoms with Crippen molar-refractivity contribution in [1.82, 2.24) is 0 Å². The summed E-state index contributed by atoms with van der Waals surface area (Å²) in [4.78, 5) is 35.4. The highest BCUT2D eigenvalue weighted by atomic mass is 19.1. The van der Waals surface area contributed by atoms with Crippen LogP contribution in [0.3, 0.4) is 0 Å². The molecule has 2 amide bonds. The summed E-state index contributed by atoms with van der Waals surface area (Å²) in [5.41, 5.74) is 1.12. The Labute approximate surface area is 188 Å². The van der Waals surface area contributed by atoms with Crippen molar-refractivity contribution in [2.24, 2.45) is 0 Å². The van der Waals surface area contributed by atoms with E-state index in [0.29, 0.717) is 22.8 Å². The number of methoxy groups -OCH3 is 1. The van der Waals surface area contributed by atoms with Gasteiger partial charge in [0.15, 0.2) is 0 Å². The molecule has 0 saturated carbocycles. The third-order valence-corrected chi connectivity index (χ3v) is 4.64. The number of ether oxygens (including phenoxy) is 1. The number of nitrogens with zero attached hydrogens (tertiary/aromatic N) is 1. The second kappa shape index (κ2) is 10.2. The Morgan fingerprint density at radius 1 is 1.00 bits per heavy atom. The average Bonchev–Trinajstić information content (AvgIpc) is 2.79. The highest BCUT2D eigenvalue weighted by Crippen LogP contribution is 2.29. The van der Waals surface area contributed by atoms with Crippen molar-refractivity contribution in [1.29, 1.82) is 0 Å². The highest BCUT2D eigenvalue weighted by molar-refractivity contribution is 6.05. The second-order valence-electron chi connectivity index (χ2n) is 7.04. The maximum atomic E-state index is 13.4. The number of carbonyl (C=O) groups is 2. The maximum Gasteiger partial charge on any atom is 0.271 e. The van der Waals surface area contributed by atoms with Gasteiger partial charge in [-0.3, -0.25) is 19.7 Å². The van der Waals surface area contributed by atoms with Crippen molar-refractivity contribution in [3.8, 4) is 5.75 Å². The topological polar surface area (TPSA) is 123 Å². The summed E-state index contributed by atoms with van der Waals surface area (Å²) in [6.07, 6.45) is 0. The molecule has 0 aliphatic heterocycles. The number of nitrogens with one attached hydrogen (secondary N) is 3. The van der Waals surface area contributed by atoms with Crippen LogP contribution in [-0.4, -0.2) is 29.9 Å². The third-order valence-electron chi connectivity index (χ3n) is 4.64. The van der Waals surface area contributed by atoms with Gasteiger partial charge >= 0.3 is 0 Å². The van der Waals surface area contributed by atoms with Gasteiger partial charge < -0.3 is 20.7 Å². The van der Waals surface area contributed by atoms with Crippen molar-refractivity contribution in [3.63, 3.8) is 0 Å². The van der Waals surface area contributed by atoms with Gasteiger partial charge in [-0.25, -0.2) is 4.39 Å². The predicted molar refractivity (Wildman–Crippen MR) is 122 cm³/mol. The molecule has 170 valence electrons. The van der Waals surface area contributed by atoms with Crippen molar-refractivity contribution in [2.75, 3.05) is 23.1 Å². The van der Waals surface area contributed by atoms with Crippen molar-refractivity contribution in [3.05, 3.63) is 88.2 Å². The van der Waals surface area contributed by atoms with Crippen LogP contribution in [0, 0.1) is 15.9 Å². The smallest absolute Gasteiger partial charge is 0.271 e. The summed E-state index contributed by atoms with van der Waals surface area (Å²) in [5.74, 6) is -1.11. The molecule has 9 nitrogen and oxygen atoms in total. The van der Waals surface area contributed by atoms with Crippen LogP contribution >= 0.6 is 0 Å². The first-order valence-electron chi connectivity index (χ1n) is 9.83. The molecule has 0 heterocycles. The number of halogens is 1. The van der Waals surface area contributed by atoms with Crippen LogP contribution in [-0.2, 0) is 4.79 Å². The standard InChI is InChI=1S/C23H21FN4O5/c1-14(22(29)26-17-7-4-8-19(12-17)28(31)32)25-18-9-10-21(33-2)20(13-18)27-23(30)15-5-3-6-16(24)11-15/h3-14,25H,1-2H3,(H,26,29)(H,27,30). The number of hydrogen-bond acceptors (Lipinski definition) is 6. The number of anilines is 3. The molecular formula is C23H21FN4O5. The van der Waals surface area contributed by atoms with E-state index in [9.17, 15) is 24.1 Å². The molecule has 0 fully saturated rings. The first kappa shape index (κ1) is 23.2. The number of hydrogen-bond donors (Lipinski definition) is 3. The van der Waals surface area contributed by atoms with Gasteiger partial charge in [0.25, 0.3) is 11.6 Å². The molecule has 3 N–H and O–H groups in total. The van der Waals surface area contributed by atoms with Gasteiger partial charge in [0, 0.05) is 29.1 Å². The predicted octanol–water partition coefficient (Wildman–Crippen LogP) is 4.43. The Morgan fingerprint density at radius 3 is 2.45 bits per heavy atom. The van der Waals surface area contributed by atoms with Crippen molar-refractivity contribution in [2.45, 2.75) is 13.0 Å². The zero-order valence-corrected chi connectivity index (χ0v) is 17.8. The highest BCUT2D eigenvalue weighted by Gasteiger charge is 2.16. The van der Waals surface area contributed by atoms with E-state index in [1.807, 2.05) is 0 Å². The summed E-state index contributed by atoms with van der Waals surface area (Å²) >= 11 is 0. The van der Waals surface area contributed by atoms with Crippen LogP contribution in [0.4, 0.5) is 27.1 Å². The van der Waals surface area contributed by atoms with Gasteiger partial charge in [-0.05, 0) is 49.4 Å². The number of nitro benzene ring substituents is 1. The molecule has 33 heavy (non-hydrogen) atoms. The molecule has 10 heteroatoms. The number of amides is 2. The summed E-state index contributed by atoms with van der Waals surface area (Å²) < 4.78 is 18.7. The summed E-state index contributed by atoms with van der Waals surface area (Å²) in [5, 5.41) is 19.2. The lowest BCUT2D eigenvalue weighted by molar-refractivity contribution is -0.384. The van der Waals surface area contributed by atoms with Crippen molar-refractivity contribution >= 4 is 34.6 Å². The first-order valence-corrected chi connectivity index (χ1v) is 9.83. The fraction of sp³-hybridized carbons (Fsp3) is 0.130. The molecular weight excluding hydrogens is 431 g/mol. The molecule has 1 unspecified atom stereocenters. The molecule has 0 saturated heterocycles. The van der Waals surface area contributed by atoms with Crippen LogP contribution in [0.1, 0.15) is 17.3 Å². The first-order chi connectivity index (χ1) is 15.8. The SMILES string of the molecule is COc1ccc(NC(C)C(=O)Nc2cccc([N+](=O)[O-])c2)cc1NC(=O)c1cccc(F)c1. The molecule has 0 radical (unpaired) electrons. The van der Waals surface area contributed by atoms with E-state index in [4.69, 9.17) is 4.74 Å². The normalized spacial score (nSPS) is 11.2. The zero-order valence-electron chi connectivity index (χ0n) is 17.8. The fourth-order valence-electron chi connectivity index (χ4n) is 2.98. The van der Waals surface area contributed by atoms with Crippen LogP contribution in [0.2, 0.25) is 0 Å². The number of carbonyl (C=O) groups excluding carboxylic acids is 2. The molecule has 0 spiro atoms. The molecule has 0 aliphatic rings. The summed E-state index contributed by atoms with van der Waals surface area (Å²) in [6, 6.07) is 15.0. The van der Waals surface area contributed by atoms with Crippen molar-refractivity contribution < 1.29 is 23.6 Å². The van der Waals surface area contributed by atoms with Gasteiger partial charge in [0.2, 0.25) is 5.91 Å². The van der Waals surface area contributed by atoms with Gasteiger partial charge in [0.1, 0.15) is 17.6 Å². The van der Waals surface area contributed by atoms with E-state index in [1.54, 1.807) is 31.2 Å². The number of rotatable bonds is 8. The quantitative estimate of drug-likeness (QED) is 0.343. The van der Waals surface area contributed by atoms with Gasteiger partial charge in [-0.1, -0.05) is 12.1 Å². The van der Waals surface area contributed by atoms with E-state index < -0.39 is 28.6 Å². The Bertz CT molecular complexity index is 1200. The lowest BCUT2D eigenvalue weighted by Gasteiger charge is -2.17. The molecule has 1 atom stereocenters. The van der Waals surface area contributed by atoms with E-state index in [-0.39, 0.29) is 11.3 Å². The average molecular weight is 452 g/mol. The second-order valence-corrected chi connectivity index (χ2v) is 7.04. The van der Waals surface area contributed by atoms with Gasteiger partial charge in [-0.2, -0.15) is 0 Å². The van der Waals surface area contributed by atoms with E-state index in [0.717, 1.165) is 6.07 Å². The molecule has 3 aromatic rings. The Kier molecular flexibility index (Phi) is 7.19. The lowest BCUT2D eigenvalue weighted by atomic mass is 10.2. The number of nitro groups is 1. The minimum Gasteiger partial charge on any atom is -0.495 e. The summed E-state index contributed by atoms with van der Waals surface area (Å²) in [6.45, 7) is 1.61. The van der Waals surface area contributed by atoms with Crippen LogP contribution in [0.25, 0.3) is 0 Å². The Morgan fingerprint density at radius 2 is 1.76 bits per heavy atom. The Balaban J connectivity index is 1.71. The fourth-order valence-corrected chi connectivity index (χ4v) is 2.98. The Hall–Kier alpha value is -4.47. The van der Waals surface area contributed by atoms with E-state index >= 15 is 0 Å². The van der Waals surface area contributed by atoms with Crippen LogP contribution in [0.15, 0.2) is 66.7 Å². The largest absolute Gasteiger partial charge is 0.495 e. The van der Waals surface area contributed by atoms with E-state index in [2.05, 4.69) is 16.0 Å².